The lowest BCUT2D eigenvalue weighted by Gasteiger charge is -2.04. The molecule has 98 valence electrons. The summed E-state index contributed by atoms with van der Waals surface area (Å²) >= 11 is 0. The molecule has 2 aromatic carbocycles. The lowest BCUT2D eigenvalue weighted by molar-refractivity contribution is 0.0993. The third-order valence-corrected chi connectivity index (χ3v) is 3.28. The molecule has 0 bridgehead atoms. The molecule has 0 saturated carbocycles. The highest BCUT2D eigenvalue weighted by atomic mass is 19.1. The van der Waals surface area contributed by atoms with Crippen LogP contribution in [-0.4, -0.2) is 5.78 Å². The Kier molecular flexibility index (Phi) is 4.10. The number of aryl methyl sites for hydroxylation is 2. The van der Waals surface area contributed by atoms with Crippen LogP contribution in [0.2, 0.25) is 0 Å². The molecular weight excluding hydrogens is 239 g/mol. The van der Waals surface area contributed by atoms with E-state index in [-0.39, 0.29) is 11.6 Å². The predicted molar refractivity (Wildman–Crippen MR) is 75.0 cm³/mol. The van der Waals surface area contributed by atoms with Crippen LogP contribution in [-0.2, 0) is 12.8 Å². The van der Waals surface area contributed by atoms with Gasteiger partial charge in [-0.2, -0.15) is 0 Å². The number of ketones is 1. The van der Waals surface area contributed by atoms with Crippen LogP contribution in [0.15, 0.2) is 42.5 Å². The van der Waals surface area contributed by atoms with Crippen molar-refractivity contribution in [2.45, 2.75) is 26.7 Å². The molecular formula is C17H17FO. The highest BCUT2D eigenvalue weighted by Gasteiger charge is 2.09. The molecule has 2 rings (SSSR count). The van der Waals surface area contributed by atoms with Crippen molar-refractivity contribution < 1.29 is 9.18 Å². The van der Waals surface area contributed by atoms with Crippen molar-refractivity contribution in [1.29, 1.82) is 0 Å². The fourth-order valence-corrected chi connectivity index (χ4v) is 2.00. The molecule has 0 atom stereocenters. The Balaban J connectivity index is 2.13. The average molecular weight is 256 g/mol. The number of benzene rings is 2. The van der Waals surface area contributed by atoms with E-state index in [0.29, 0.717) is 17.5 Å². The van der Waals surface area contributed by atoms with Gasteiger partial charge in [0.05, 0.1) is 0 Å². The Hall–Kier alpha value is -1.96. The summed E-state index contributed by atoms with van der Waals surface area (Å²) in [7, 11) is 0. The van der Waals surface area contributed by atoms with Gasteiger partial charge in [0.2, 0.25) is 0 Å². The first-order valence-corrected chi connectivity index (χ1v) is 6.47. The van der Waals surface area contributed by atoms with Gasteiger partial charge >= 0.3 is 0 Å². The van der Waals surface area contributed by atoms with Gasteiger partial charge in [-0.05, 0) is 48.2 Å². The number of hydrogen-bond acceptors (Lipinski definition) is 1. The van der Waals surface area contributed by atoms with E-state index in [4.69, 9.17) is 0 Å². The first kappa shape index (κ1) is 13.5. The van der Waals surface area contributed by atoms with E-state index >= 15 is 0 Å². The number of carbonyl (C=O) groups excluding carboxylic acids is 1. The molecule has 0 aromatic heterocycles. The number of Topliss-reactive ketones (excluding diaryl/α,β-unsaturated/α-hetero) is 1. The van der Waals surface area contributed by atoms with E-state index < -0.39 is 0 Å². The van der Waals surface area contributed by atoms with Gasteiger partial charge in [-0.25, -0.2) is 4.39 Å². The van der Waals surface area contributed by atoms with Crippen LogP contribution in [0.5, 0.6) is 0 Å². The Labute approximate surface area is 113 Å². The zero-order valence-corrected chi connectivity index (χ0v) is 11.2. The van der Waals surface area contributed by atoms with Crippen molar-refractivity contribution in [2.75, 3.05) is 0 Å². The van der Waals surface area contributed by atoms with Gasteiger partial charge in [0, 0.05) is 12.0 Å². The molecule has 0 spiro atoms. The van der Waals surface area contributed by atoms with Gasteiger partial charge in [0.15, 0.2) is 5.78 Å². The Morgan fingerprint density at radius 3 is 2.26 bits per heavy atom. The highest BCUT2D eigenvalue weighted by molar-refractivity contribution is 5.97. The second-order valence-electron chi connectivity index (χ2n) is 4.73. The maximum absolute atomic E-state index is 13.2. The maximum atomic E-state index is 13.2. The normalized spacial score (nSPS) is 10.5. The minimum absolute atomic E-state index is 0.0207. The molecule has 0 aliphatic carbocycles. The quantitative estimate of drug-likeness (QED) is 0.752. The third kappa shape index (κ3) is 3.28. The molecule has 0 radical (unpaired) electrons. The summed E-state index contributed by atoms with van der Waals surface area (Å²) in [4.78, 5) is 12.1. The SMILES string of the molecule is CCc1ccc(CC(=O)c2ccc(F)c(C)c2)cc1. The van der Waals surface area contributed by atoms with Crippen LogP contribution in [0.3, 0.4) is 0 Å². The van der Waals surface area contributed by atoms with Crippen LogP contribution in [0, 0.1) is 12.7 Å². The number of carbonyl (C=O) groups is 1. The van der Waals surface area contributed by atoms with E-state index in [1.54, 1.807) is 19.1 Å². The second kappa shape index (κ2) is 5.79. The molecule has 1 nitrogen and oxygen atoms in total. The fourth-order valence-electron chi connectivity index (χ4n) is 2.00. The minimum atomic E-state index is -0.274. The summed E-state index contributed by atoms with van der Waals surface area (Å²) in [5, 5.41) is 0. The molecule has 2 heteroatoms. The van der Waals surface area contributed by atoms with Crippen molar-refractivity contribution in [3.8, 4) is 0 Å². The zero-order valence-electron chi connectivity index (χ0n) is 11.2. The highest BCUT2D eigenvalue weighted by Crippen LogP contribution is 2.13. The molecule has 0 unspecified atom stereocenters. The molecule has 0 fully saturated rings. The van der Waals surface area contributed by atoms with Crippen molar-refractivity contribution in [2.24, 2.45) is 0 Å². The standard InChI is InChI=1S/C17H17FO/c1-3-13-4-6-14(7-5-13)11-17(19)15-8-9-16(18)12(2)10-15/h4-10H,3,11H2,1-2H3. The van der Waals surface area contributed by atoms with Gasteiger partial charge in [-0.1, -0.05) is 31.2 Å². The largest absolute Gasteiger partial charge is 0.294 e. The summed E-state index contributed by atoms with van der Waals surface area (Å²) in [6.45, 7) is 3.77. The topological polar surface area (TPSA) is 17.1 Å². The van der Waals surface area contributed by atoms with Crippen LogP contribution in [0.1, 0.15) is 34.0 Å². The summed E-state index contributed by atoms with van der Waals surface area (Å²) < 4.78 is 13.2. The van der Waals surface area contributed by atoms with Gasteiger partial charge in [-0.3, -0.25) is 4.79 Å². The van der Waals surface area contributed by atoms with Gasteiger partial charge < -0.3 is 0 Å². The number of halogens is 1. The molecule has 2 aromatic rings. The molecule has 0 aliphatic rings. The molecule has 19 heavy (non-hydrogen) atoms. The lowest BCUT2D eigenvalue weighted by atomic mass is 10.0. The average Bonchev–Trinajstić information content (AvgIpc) is 2.42. The molecule has 0 amide bonds. The van der Waals surface area contributed by atoms with E-state index in [9.17, 15) is 9.18 Å². The minimum Gasteiger partial charge on any atom is -0.294 e. The summed E-state index contributed by atoms with van der Waals surface area (Å²) in [5.74, 6) is -0.254. The van der Waals surface area contributed by atoms with Crippen molar-refractivity contribution in [3.63, 3.8) is 0 Å². The fraction of sp³-hybridized carbons (Fsp3) is 0.235. The van der Waals surface area contributed by atoms with E-state index in [1.807, 2.05) is 24.3 Å². The number of rotatable bonds is 4. The second-order valence-corrected chi connectivity index (χ2v) is 4.73. The maximum Gasteiger partial charge on any atom is 0.167 e. The molecule has 0 aliphatic heterocycles. The smallest absolute Gasteiger partial charge is 0.167 e. The molecule has 0 N–H and O–H groups in total. The predicted octanol–water partition coefficient (Wildman–Crippen LogP) is 4.12. The van der Waals surface area contributed by atoms with Crippen molar-refractivity contribution in [3.05, 3.63) is 70.5 Å². The van der Waals surface area contributed by atoms with E-state index in [2.05, 4.69) is 6.92 Å². The Morgan fingerprint density at radius 1 is 1.05 bits per heavy atom. The van der Waals surface area contributed by atoms with Crippen molar-refractivity contribution >= 4 is 5.78 Å². The Bertz CT molecular complexity index is 585. The van der Waals surface area contributed by atoms with Crippen molar-refractivity contribution in [1.82, 2.24) is 0 Å². The molecule has 0 saturated heterocycles. The first-order valence-electron chi connectivity index (χ1n) is 6.47. The van der Waals surface area contributed by atoms with Crippen LogP contribution < -0.4 is 0 Å². The summed E-state index contributed by atoms with van der Waals surface area (Å²) in [6.07, 6.45) is 1.35. The van der Waals surface area contributed by atoms with Gasteiger partial charge in [0.25, 0.3) is 0 Å². The Morgan fingerprint density at radius 2 is 1.68 bits per heavy atom. The molecule has 0 heterocycles. The monoisotopic (exact) mass is 256 g/mol. The summed E-state index contributed by atoms with van der Waals surface area (Å²) in [6, 6.07) is 12.5. The number of hydrogen-bond donors (Lipinski definition) is 0. The zero-order chi connectivity index (χ0) is 13.8. The van der Waals surface area contributed by atoms with Crippen LogP contribution in [0.25, 0.3) is 0 Å². The first-order chi connectivity index (χ1) is 9.10. The van der Waals surface area contributed by atoms with E-state index in [1.165, 1.54) is 11.6 Å². The van der Waals surface area contributed by atoms with Crippen LogP contribution >= 0.6 is 0 Å². The van der Waals surface area contributed by atoms with E-state index in [0.717, 1.165) is 12.0 Å². The lowest BCUT2D eigenvalue weighted by Crippen LogP contribution is -2.04. The summed E-state index contributed by atoms with van der Waals surface area (Å²) in [5.41, 5.74) is 3.32. The third-order valence-electron chi connectivity index (χ3n) is 3.28. The van der Waals surface area contributed by atoms with Gasteiger partial charge in [0.1, 0.15) is 5.82 Å². The van der Waals surface area contributed by atoms with Crippen LogP contribution in [0.4, 0.5) is 4.39 Å². The van der Waals surface area contributed by atoms with Gasteiger partial charge in [-0.15, -0.1) is 0 Å².